The van der Waals surface area contributed by atoms with Gasteiger partial charge in [0, 0.05) is 6.08 Å². The Hall–Kier alpha value is -2.10. The van der Waals surface area contributed by atoms with E-state index in [1.807, 2.05) is 31.2 Å². The molecule has 158 valence electrons. The highest BCUT2D eigenvalue weighted by atomic mass is 16.5. The molecule has 0 bridgehead atoms. The lowest BCUT2D eigenvalue weighted by molar-refractivity contribution is -0.145. The van der Waals surface area contributed by atoms with Crippen LogP contribution in [0.5, 0.6) is 5.75 Å². The summed E-state index contributed by atoms with van der Waals surface area (Å²) in [6, 6.07) is 7.82. The van der Waals surface area contributed by atoms with Crippen molar-refractivity contribution in [1.82, 2.24) is 0 Å². The summed E-state index contributed by atoms with van der Waals surface area (Å²) in [5.74, 6) is 1.77. The Balaban J connectivity index is 1.40. The van der Waals surface area contributed by atoms with Crippen LogP contribution in [0, 0.1) is 17.8 Å². The number of benzene rings is 1. The van der Waals surface area contributed by atoms with E-state index in [0.717, 1.165) is 57.8 Å². The largest absolute Gasteiger partial charge is 0.459 e. The maximum absolute atomic E-state index is 12.5. The van der Waals surface area contributed by atoms with Crippen LogP contribution in [0.4, 0.5) is 0 Å². The number of allylic oxidation sites excluding steroid dienone is 1. The number of carbonyl (C=O) groups is 2. The Morgan fingerprint density at radius 3 is 2.07 bits per heavy atom. The van der Waals surface area contributed by atoms with Gasteiger partial charge >= 0.3 is 11.9 Å². The summed E-state index contributed by atoms with van der Waals surface area (Å²) in [6.45, 7) is 3.94. The zero-order valence-electron chi connectivity index (χ0n) is 17.8. The average Bonchev–Trinajstić information content (AvgIpc) is 2.75. The van der Waals surface area contributed by atoms with Crippen LogP contribution in [0.15, 0.2) is 36.4 Å². The second kappa shape index (κ2) is 10.6. The number of ether oxygens (including phenoxy) is 2. The minimum absolute atomic E-state index is 0.0234. The molecule has 4 heteroatoms. The van der Waals surface area contributed by atoms with Gasteiger partial charge in [-0.1, -0.05) is 25.1 Å². The zero-order chi connectivity index (χ0) is 20.6. The van der Waals surface area contributed by atoms with Crippen LogP contribution in [0.25, 0.3) is 0 Å². The summed E-state index contributed by atoms with van der Waals surface area (Å²) < 4.78 is 11.1. The first kappa shape index (κ1) is 21.6. The number of hydrogen-bond acceptors (Lipinski definition) is 4. The van der Waals surface area contributed by atoms with Crippen LogP contribution in [0.1, 0.15) is 70.8 Å². The van der Waals surface area contributed by atoms with Gasteiger partial charge in [-0.3, -0.25) is 4.79 Å². The van der Waals surface area contributed by atoms with Crippen molar-refractivity contribution in [3.63, 3.8) is 0 Å². The summed E-state index contributed by atoms with van der Waals surface area (Å²) in [5.41, 5.74) is 1.25. The monoisotopic (exact) mass is 398 g/mol. The summed E-state index contributed by atoms with van der Waals surface area (Å²) >= 11 is 0. The second-order valence-electron chi connectivity index (χ2n) is 8.50. The van der Waals surface area contributed by atoms with Crippen molar-refractivity contribution < 1.29 is 19.1 Å². The van der Waals surface area contributed by atoms with Gasteiger partial charge in [0.1, 0.15) is 11.9 Å². The van der Waals surface area contributed by atoms with Crippen molar-refractivity contribution in [1.29, 1.82) is 0 Å². The summed E-state index contributed by atoms with van der Waals surface area (Å²) in [6.07, 6.45) is 12.5. The third-order valence-electron chi connectivity index (χ3n) is 6.63. The normalized spacial score (nSPS) is 27.5. The molecular weight excluding hydrogens is 364 g/mol. The van der Waals surface area contributed by atoms with E-state index in [0.29, 0.717) is 17.6 Å². The Morgan fingerprint density at radius 2 is 1.52 bits per heavy atom. The molecule has 0 radical (unpaired) electrons. The lowest BCUT2D eigenvalue weighted by Gasteiger charge is -2.37. The van der Waals surface area contributed by atoms with Gasteiger partial charge in [-0.05, 0) is 94.2 Å². The molecule has 2 aliphatic rings. The maximum atomic E-state index is 12.5. The van der Waals surface area contributed by atoms with Gasteiger partial charge in [-0.25, -0.2) is 4.79 Å². The molecule has 0 heterocycles. The molecule has 4 nitrogen and oxygen atoms in total. The predicted molar refractivity (Wildman–Crippen MR) is 114 cm³/mol. The van der Waals surface area contributed by atoms with Gasteiger partial charge in [-0.2, -0.15) is 0 Å². The number of rotatable bonds is 6. The van der Waals surface area contributed by atoms with Gasteiger partial charge in [0.25, 0.3) is 0 Å². The minimum Gasteiger partial charge on any atom is -0.459 e. The van der Waals surface area contributed by atoms with Crippen molar-refractivity contribution in [3.8, 4) is 5.75 Å². The molecule has 0 unspecified atom stereocenters. The molecular formula is C25H34O4. The van der Waals surface area contributed by atoms with Crippen molar-refractivity contribution in [3.05, 3.63) is 42.0 Å². The highest BCUT2D eigenvalue weighted by molar-refractivity contribution is 5.81. The molecule has 0 aliphatic heterocycles. The fourth-order valence-corrected chi connectivity index (χ4v) is 4.84. The summed E-state index contributed by atoms with van der Waals surface area (Å²) in [7, 11) is 0. The third-order valence-corrected chi connectivity index (χ3v) is 6.63. The molecule has 0 saturated heterocycles. The van der Waals surface area contributed by atoms with Crippen LogP contribution in [-0.2, 0) is 20.7 Å². The number of esters is 2. The van der Waals surface area contributed by atoms with Crippen molar-refractivity contribution in [2.24, 2.45) is 17.8 Å². The Bertz CT molecular complexity index is 690. The number of carbonyl (C=O) groups excluding carboxylic acids is 2. The summed E-state index contributed by atoms with van der Waals surface area (Å²) in [4.78, 5) is 24.1. The van der Waals surface area contributed by atoms with E-state index in [2.05, 4.69) is 6.92 Å². The first-order valence-corrected chi connectivity index (χ1v) is 11.2. The van der Waals surface area contributed by atoms with Gasteiger partial charge in [0.2, 0.25) is 0 Å². The second-order valence-corrected chi connectivity index (χ2v) is 8.50. The van der Waals surface area contributed by atoms with Gasteiger partial charge in [0.15, 0.2) is 0 Å². The summed E-state index contributed by atoms with van der Waals surface area (Å²) in [5, 5.41) is 0. The van der Waals surface area contributed by atoms with Crippen LogP contribution >= 0.6 is 0 Å². The van der Waals surface area contributed by atoms with Crippen molar-refractivity contribution >= 4 is 11.9 Å². The molecule has 1 aromatic carbocycles. The molecule has 2 fully saturated rings. The van der Waals surface area contributed by atoms with Crippen molar-refractivity contribution in [2.45, 2.75) is 77.7 Å². The maximum Gasteiger partial charge on any atom is 0.330 e. The lowest BCUT2D eigenvalue weighted by Crippen LogP contribution is -2.31. The fourth-order valence-electron chi connectivity index (χ4n) is 4.84. The molecule has 29 heavy (non-hydrogen) atoms. The zero-order valence-corrected chi connectivity index (χ0v) is 17.8. The van der Waals surface area contributed by atoms with Crippen LogP contribution in [0.2, 0.25) is 0 Å². The molecule has 2 saturated carbocycles. The molecule has 1 aromatic rings. The molecule has 0 spiro atoms. The van der Waals surface area contributed by atoms with Crippen molar-refractivity contribution in [2.75, 3.05) is 0 Å². The molecule has 0 aromatic heterocycles. The number of aryl methyl sites for hydroxylation is 1. The molecule has 2 aliphatic carbocycles. The standard InChI is InChI=1S/C25H34O4/c1-3-5-24(26)28-22-16-12-20(13-17-22)19-8-10-21(11-9-19)25(27)29-23-14-6-18(4-2)7-15-23/h3,5-7,14-15,19-22H,4,8-13,16-17H2,1-2H3/b5-3+/t19-,20-,21-,22-. The third kappa shape index (κ3) is 6.19. The quantitative estimate of drug-likeness (QED) is 0.353. The highest BCUT2D eigenvalue weighted by Crippen LogP contribution is 2.40. The molecule has 0 atom stereocenters. The van der Waals surface area contributed by atoms with E-state index in [-0.39, 0.29) is 24.0 Å². The minimum atomic E-state index is -0.223. The first-order chi connectivity index (χ1) is 14.1. The topological polar surface area (TPSA) is 52.6 Å². The highest BCUT2D eigenvalue weighted by Gasteiger charge is 2.34. The Kier molecular flexibility index (Phi) is 7.91. The van der Waals surface area contributed by atoms with E-state index in [1.54, 1.807) is 6.08 Å². The van der Waals surface area contributed by atoms with E-state index in [4.69, 9.17) is 9.47 Å². The smallest absolute Gasteiger partial charge is 0.330 e. The predicted octanol–water partition coefficient (Wildman–Crippen LogP) is 5.64. The van der Waals surface area contributed by atoms with Gasteiger partial charge < -0.3 is 9.47 Å². The Morgan fingerprint density at radius 1 is 0.931 bits per heavy atom. The Labute approximate surface area is 174 Å². The average molecular weight is 399 g/mol. The van der Waals surface area contributed by atoms with Crippen LogP contribution < -0.4 is 4.74 Å². The lowest BCUT2D eigenvalue weighted by atomic mass is 9.70. The van der Waals surface area contributed by atoms with Crippen LogP contribution in [0.3, 0.4) is 0 Å². The fraction of sp³-hybridized carbons (Fsp3) is 0.600. The van der Waals surface area contributed by atoms with Gasteiger partial charge in [0.05, 0.1) is 5.92 Å². The van der Waals surface area contributed by atoms with E-state index in [9.17, 15) is 9.59 Å². The van der Waals surface area contributed by atoms with E-state index >= 15 is 0 Å². The first-order valence-electron chi connectivity index (χ1n) is 11.2. The SMILES string of the molecule is C/C=C/C(=O)O[C@H]1CC[C@H]([C@H]2CC[C@H](C(=O)Oc3ccc(CC)cc3)CC2)CC1. The van der Waals surface area contributed by atoms with E-state index < -0.39 is 0 Å². The molecule has 3 rings (SSSR count). The number of hydrogen-bond donors (Lipinski definition) is 0. The van der Waals surface area contributed by atoms with E-state index in [1.165, 1.54) is 11.6 Å². The molecule has 0 amide bonds. The van der Waals surface area contributed by atoms with Crippen LogP contribution in [-0.4, -0.2) is 18.0 Å². The van der Waals surface area contributed by atoms with Gasteiger partial charge in [-0.15, -0.1) is 0 Å². The molecule has 0 N–H and O–H groups in total.